The molecular formula is C12H9BrClNO. The molecule has 0 spiro atoms. The van der Waals surface area contributed by atoms with E-state index in [9.17, 15) is 0 Å². The fourth-order valence-corrected chi connectivity index (χ4v) is 1.83. The van der Waals surface area contributed by atoms with Crippen LogP contribution in [0.4, 0.5) is 5.69 Å². The van der Waals surface area contributed by atoms with Crippen LogP contribution >= 0.6 is 27.5 Å². The highest BCUT2D eigenvalue weighted by atomic mass is 79.9. The number of benzene rings is 2. The average molecular weight is 299 g/mol. The van der Waals surface area contributed by atoms with Crippen LogP contribution in [-0.2, 0) is 0 Å². The second-order valence-corrected chi connectivity index (χ2v) is 4.59. The van der Waals surface area contributed by atoms with Gasteiger partial charge in [-0.1, -0.05) is 33.6 Å². The van der Waals surface area contributed by atoms with E-state index >= 15 is 0 Å². The third kappa shape index (κ3) is 2.68. The fraction of sp³-hybridized carbons (Fsp3) is 0. The van der Waals surface area contributed by atoms with Crippen LogP contribution in [0.5, 0.6) is 11.5 Å². The number of nitrogens with two attached hydrogens (primary N) is 1. The van der Waals surface area contributed by atoms with Gasteiger partial charge >= 0.3 is 0 Å². The second-order valence-electron chi connectivity index (χ2n) is 3.24. The van der Waals surface area contributed by atoms with Crippen LogP contribution in [-0.4, -0.2) is 0 Å². The lowest BCUT2D eigenvalue weighted by molar-refractivity contribution is 0.485. The second kappa shape index (κ2) is 4.76. The quantitative estimate of drug-likeness (QED) is 0.830. The van der Waals surface area contributed by atoms with E-state index in [1.807, 2.05) is 24.3 Å². The van der Waals surface area contributed by atoms with Crippen molar-refractivity contribution in [1.82, 2.24) is 0 Å². The zero-order valence-corrected chi connectivity index (χ0v) is 10.6. The lowest BCUT2D eigenvalue weighted by Crippen LogP contribution is -1.91. The first-order valence-corrected chi connectivity index (χ1v) is 5.81. The van der Waals surface area contributed by atoms with Crippen molar-refractivity contribution in [1.29, 1.82) is 0 Å². The van der Waals surface area contributed by atoms with Gasteiger partial charge in [0.2, 0.25) is 0 Å². The van der Waals surface area contributed by atoms with Crippen molar-refractivity contribution in [2.75, 3.05) is 5.73 Å². The van der Waals surface area contributed by atoms with Crippen molar-refractivity contribution in [3.05, 3.63) is 52.0 Å². The van der Waals surface area contributed by atoms with Gasteiger partial charge in [-0.25, -0.2) is 0 Å². The van der Waals surface area contributed by atoms with E-state index < -0.39 is 0 Å². The van der Waals surface area contributed by atoms with Crippen LogP contribution in [0, 0.1) is 0 Å². The van der Waals surface area contributed by atoms with Gasteiger partial charge < -0.3 is 10.5 Å². The van der Waals surface area contributed by atoms with Gasteiger partial charge in [0.1, 0.15) is 11.5 Å². The first kappa shape index (κ1) is 11.3. The van der Waals surface area contributed by atoms with Crippen LogP contribution < -0.4 is 10.5 Å². The van der Waals surface area contributed by atoms with E-state index in [1.54, 1.807) is 18.2 Å². The summed E-state index contributed by atoms with van der Waals surface area (Å²) in [6.45, 7) is 0. The highest BCUT2D eigenvalue weighted by Crippen LogP contribution is 2.30. The number of ether oxygens (including phenoxy) is 1. The number of anilines is 1. The smallest absolute Gasteiger partial charge is 0.150 e. The molecule has 0 aliphatic heterocycles. The summed E-state index contributed by atoms with van der Waals surface area (Å²) in [7, 11) is 0. The molecular weight excluding hydrogens is 289 g/mol. The van der Waals surface area contributed by atoms with Gasteiger partial charge in [0.05, 0.1) is 5.69 Å². The Labute approximate surface area is 107 Å². The lowest BCUT2D eigenvalue weighted by Gasteiger charge is -2.08. The van der Waals surface area contributed by atoms with Crippen molar-refractivity contribution in [2.45, 2.75) is 0 Å². The van der Waals surface area contributed by atoms with Gasteiger partial charge in [-0.2, -0.15) is 0 Å². The normalized spacial score (nSPS) is 10.1. The largest absolute Gasteiger partial charge is 0.455 e. The Kier molecular flexibility index (Phi) is 3.36. The van der Waals surface area contributed by atoms with Gasteiger partial charge in [0.25, 0.3) is 0 Å². The minimum atomic E-state index is 0.521. The average Bonchev–Trinajstić information content (AvgIpc) is 2.22. The first-order chi connectivity index (χ1) is 7.65. The molecule has 82 valence electrons. The van der Waals surface area contributed by atoms with E-state index in [1.165, 1.54) is 0 Å². The molecule has 16 heavy (non-hydrogen) atoms. The minimum absolute atomic E-state index is 0.521. The molecule has 0 unspecified atom stereocenters. The summed E-state index contributed by atoms with van der Waals surface area (Å²) in [5.41, 5.74) is 6.31. The Bertz CT molecular complexity index is 516. The van der Waals surface area contributed by atoms with Gasteiger partial charge in [-0.3, -0.25) is 0 Å². The van der Waals surface area contributed by atoms with Crippen molar-refractivity contribution >= 4 is 33.2 Å². The molecule has 2 aromatic carbocycles. The molecule has 0 saturated carbocycles. The van der Waals surface area contributed by atoms with Crippen molar-refractivity contribution in [2.24, 2.45) is 0 Å². The molecule has 0 amide bonds. The fourth-order valence-electron chi connectivity index (χ4n) is 1.27. The highest BCUT2D eigenvalue weighted by molar-refractivity contribution is 9.10. The summed E-state index contributed by atoms with van der Waals surface area (Å²) in [4.78, 5) is 0. The summed E-state index contributed by atoms with van der Waals surface area (Å²) in [5, 5.41) is 0.596. The predicted octanol–water partition coefficient (Wildman–Crippen LogP) is 4.48. The number of rotatable bonds is 2. The molecule has 2 N–H and O–H groups in total. The molecule has 0 saturated heterocycles. The maximum Gasteiger partial charge on any atom is 0.150 e. The third-order valence-electron chi connectivity index (χ3n) is 2.00. The van der Waals surface area contributed by atoms with Crippen molar-refractivity contribution < 1.29 is 4.74 Å². The Morgan fingerprint density at radius 3 is 2.62 bits per heavy atom. The molecule has 0 aromatic heterocycles. The van der Waals surface area contributed by atoms with E-state index in [0.29, 0.717) is 16.5 Å². The molecule has 0 fully saturated rings. The molecule has 4 heteroatoms. The van der Waals surface area contributed by atoms with E-state index in [-0.39, 0.29) is 0 Å². The minimum Gasteiger partial charge on any atom is -0.455 e. The Morgan fingerprint density at radius 2 is 1.94 bits per heavy atom. The van der Waals surface area contributed by atoms with Gasteiger partial charge in [0.15, 0.2) is 0 Å². The van der Waals surface area contributed by atoms with E-state index in [2.05, 4.69) is 15.9 Å². The standard InChI is InChI=1S/C12H9BrClNO/c13-8-2-1-3-10(6-8)16-12-5-4-9(14)7-11(12)15/h1-7H,15H2. The predicted molar refractivity (Wildman–Crippen MR) is 70.1 cm³/mol. The van der Waals surface area contributed by atoms with Crippen LogP contribution in [0.25, 0.3) is 0 Å². The Balaban J connectivity index is 2.27. The third-order valence-corrected chi connectivity index (χ3v) is 2.72. The molecule has 2 nitrogen and oxygen atoms in total. The maximum absolute atomic E-state index is 5.80. The number of nitrogen functional groups attached to an aromatic ring is 1. The van der Waals surface area contributed by atoms with Crippen LogP contribution in [0.3, 0.4) is 0 Å². The molecule has 0 bridgehead atoms. The van der Waals surface area contributed by atoms with Crippen LogP contribution in [0.15, 0.2) is 46.9 Å². The highest BCUT2D eigenvalue weighted by Gasteiger charge is 2.03. The molecule has 0 aliphatic rings. The summed E-state index contributed by atoms with van der Waals surface area (Å²) >= 11 is 9.18. The first-order valence-electron chi connectivity index (χ1n) is 4.63. The number of hydrogen-bond acceptors (Lipinski definition) is 2. The molecule has 2 rings (SSSR count). The Hall–Kier alpha value is -1.19. The zero-order chi connectivity index (χ0) is 11.5. The molecule has 0 aliphatic carbocycles. The summed E-state index contributed by atoms with van der Waals surface area (Å²) in [6.07, 6.45) is 0. The zero-order valence-electron chi connectivity index (χ0n) is 8.28. The van der Waals surface area contributed by atoms with E-state index in [0.717, 1.165) is 10.2 Å². The van der Waals surface area contributed by atoms with Crippen molar-refractivity contribution in [3.8, 4) is 11.5 Å². The molecule has 0 radical (unpaired) electrons. The molecule has 0 atom stereocenters. The van der Waals surface area contributed by atoms with E-state index in [4.69, 9.17) is 22.1 Å². The monoisotopic (exact) mass is 297 g/mol. The van der Waals surface area contributed by atoms with Gasteiger partial charge in [0, 0.05) is 9.50 Å². The maximum atomic E-state index is 5.80. The summed E-state index contributed by atoms with van der Waals surface area (Å²) < 4.78 is 6.59. The molecule has 0 heterocycles. The number of hydrogen-bond donors (Lipinski definition) is 1. The number of halogens is 2. The SMILES string of the molecule is Nc1cc(Cl)ccc1Oc1cccc(Br)c1. The summed E-state index contributed by atoms with van der Waals surface area (Å²) in [5.74, 6) is 1.32. The van der Waals surface area contributed by atoms with Crippen LogP contribution in [0.1, 0.15) is 0 Å². The Morgan fingerprint density at radius 1 is 1.12 bits per heavy atom. The van der Waals surface area contributed by atoms with Gasteiger partial charge in [-0.05, 0) is 36.4 Å². The van der Waals surface area contributed by atoms with Gasteiger partial charge in [-0.15, -0.1) is 0 Å². The lowest BCUT2D eigenvalue weighted by atomic mass is 10.3. The van der Waals surface area contributed by atoms with Crippen molar-refractivity contribution in [3.63, 3.8) is 0 Å². The molecule has 2 aromatic rings. The van der Waals surface area contributed by atoms with Crippen LogP contribution in [0.2, 0.25) is 5.02 Å². The topological polar surface area (TPSA) is 35.2 Å². The summed E-state index contributed by atoms with van der Waals surface area (Å²) in [6, 6.07) is 12.7.